The van der Waals surface area contributed by atoms with E-state index in [4.69, 9.17) is 0 Å². The molecule has 0 aromatic heterocycles. The molecule has 1 saturated heterocycles. The van der Waals surface area contributed by atoms with Crippen molar-refractivity contribution in [3.8, 4) is 0 Å². The van der Waals surface area contributed by atoms with Gasteiger partial charge in [-0.3, -0.25) is 10.1 Å². The first-order chi connectivity index (χ1) is 9.76. The second kappa shape index (κ2) is 4.57. The van der Waals surface area contributed by atoms with Gasteiger partial charge in [0.2, 0.25) is 5.91 Å². The van der Waals surface area contributed by atoms with Crippen LogP contribution in [-0.4, -0.2) is 22.4 Å². The van der Waals surface area contributed by atoms with Crippen molar-refractivity contribution in [1.29, 1.82) is 0 Å². The Bertz CT molecular complexity index is 569. The number of amides is 1. The molecule has 3 nitrogen and oxygen atoms in total. The van der Waals surface area contributed by atoms with Gasteiger partial charge in [-0.1, -0.05) is 45.0 Å². The first-order valence-electron chi connectivity index (χ1n) is 7.92. The van der Waals surface area contributed by atoms with Gasteiger partial charge in [0.1, 0.15) is 11.7 Å². The lowest BCUT2D eigenvalue weighted by molar-refractivity contribution is -0.135. The molecule has 1 saturated carbocycles. The number of benzene rings is 1. The van der Waals surface area contributed by atoms with Crippen LogP contribution in [0.2, 0.25) is 0 Å². The topological polar surface area (TPSA) is 32.3 Å². The average molecular weight is 286 g/mol. The second-order valence-electron chi connectivity index (χ2n) is 7.74. The van der Waals surface area contributed by atoms with E-state index in [0.29, 0.717) is 0 Å². The molecule has 21 heavy (non-hydrogen) atoms. The number of aryl methyl sites for hydroxylation is 1. The van der Waals surface area contributed by atoms with Crippen LogP contribution in [0, 0.1) is 12.3 Å². The minimum Gasteiger partial charge on any atom is -0.318 e. The van der Waals surface area contributed by atoms with Crippen LogP contribution in [0.3, 0.4) is 0 Å². The van der Waals surface area contributed by atoms with Gasteiger partial charge < -0.3 is 4.90 Å². The fourth-order valence-corrected chi connectivity index (χ4v) is 3.18. The van der Waals surface area contributed by atoms with Gasteiger partial charge in [0.15, 0.2) is 0 Å². The molecular formula is C18H26N2O. The van der Waals surface area contributed by atoms with Gasteiger partial charge in [-0.05, 0) is 43.2 Å². The molecule has 1 aliphatic carbocycles. The molecule has 114 valence electrons. The highest BCUT2D eigenvalue weighted by molar-refractivity contribution is 5.92. The SMILES string of the molecule is Cc1ccccc1C1NC2(CC2)C(=O)N1C(C)C(C)(C)C. The third kappa shape index (κ3) is 2.28. The smallest absolute Gasteiger partial charge is 0.244 e. The van der Waals surface area contributed by atoms with Crippen molar-refractivity contribution in [2.45, 2.75) is 65.2 Å². The summed E-state index contributed by atoms with van der Waals surface area (Å²) in [6.45, 7) is 10.9. The molecule has 2 fully saturated rings. The van der Waals surface area contributed by atoms with Crippen LogP contribution in [0.4, 0.5) is 0 Å². The van der Waals surface area contributed by atoms with Crippen LogP contribution in [-0.2, 0) is 4.79 Å². The maximum absolute atomic E-state index is 12.9. The van der Waals surface area contributed by atoms with E-state index >= 15 is 0 Å². The summed E-state index contributed by atoms with van der Waals surface area (Å²) in [6, 6.07) is 8.58. The largest absolute Gasteiger partial charge is 0.318 e. The summed E-state index contributed by atoms with van der Waals surface area (Å²) in [4.78, 5) is 15.0. The number of nitrogens with zero attached hydrogens (tertiary/aromatic N) is 1. The standard InChI is InChI=1S/C18H26N2O/c1-12-8-6-7-9-14(12)15-19-18(10-11-18)16(21)20(15)13(2)17(3,4)5/h6-9,13,15,19H,10-11H2,1-5H3. The first-order valence-corrected chi connectivity index (χ1v) is 7.92. The predicted octanol–water partition coefficient (Wildman–Crippen LogP) is 3.39. The van der Waals surface area contributed by atoms with E-state index in [1.807, 2.05) is 0 Å². The van der Waals surface area contributed by atoms with Gasteiger partial charge in [0.25, 0.3) is 0 Å². The normalized spacial score (nSPS) is 25.5. The van der Waals surface area contributed by atoms with Crippen LogP contribution >= 0.6 is 0 Å². The Hall–Kier alpha value is -1.35. The molecule has 1 N–H and O–H groups in total. The summed E-state index contributed by atoms with van der Waals surface area (Å²) >= 11 is 0. The first kappa shape index (κ1) is 14.6. The molecule has 1 heterocycles. The molecule has 3 heteroatoms. The second-order valence-corrected chi connectivity index (χ2v) is 7.74. The van der Waals surface area contributed by atoms with Crippen molar-refractivity contribution in [2.24, 2.45) is 5.41 Å². The van der Waals surface area contributed by atoms with E-state index in [1.54, 1.807) is 0 Å². The molecule has 1 aromatic carbocycles. The van der Waals surface area contributed by atoms with Crippen molar-refractivity contribution < 1.29 is 4.79 Å². The number of carbonyl (C=O) groups excluding carboxylic acids is 1. The molecule has 0 bridgehead atoms. The lowest BCUT2D eigenvalue weighted by atomic mass is 9.86. The Morgan fingerprint density at radius 2 is 1.90 bits per heavy atom. The summed E-state index contributed by atoms with van der Waals surface area (Å²) in [7, 11) is 0. The third-order valence-electron chi connectivity index (χ3n) is 5.24. The van der Waals surface area contributed by atoms with Crippen molar-refractivity contribution in [3.63, 3.8) is 0 Å². The fourth-order valence-electron chi connectivity index (χ4n) is 3.18. The summed E-state index contributed by atoms with van der Waals surface area (Å²) in [6.07, 6.45) is 1.96. The minimum absolute atomic E-state index is 0.00965. The van der Waals surface area contributed by atoms with E-state index in [1.165, 1.54) is 11.1 Å². The van der Waals surface area contributed by atoms with Crippen molar-refractivity contribution >= 4 is 5.91 Å². The minimum atomic E-state index is -0.271. The van der Waals surface area contributed by atoms with E-state index in [2.05, 4.69) is 69.1 Å². The highest BCUT2D eigenvalue weighted by Gasteiger charge is 2.61. The lowest BCUT2D eigenvalue weighted by Gasteiger charge is -2.39. The van der Waals surface area contributed by atoms with Crippen LogP contribution in [0.5, 0.6) is 0 Å². The van der Waals surface area contributed by atoms with Crippen LogP contribution in [0.15, 0.2) is 24.3 Å². The van der Waals surface area contributed by atoms with Crippen LogP contribution in [0.25, 0.3) is 0 Å². The fraction of sp³-hybridized carbons (Fsp3) is 0.611. The maximum Gasteiger partial charge on any atom is 0.244 e. The third-order valence-corrected chi connectivity index (χ3v) is 5.24. The molecule has 1 amide bonds. The summed E-state index contributed by atoms with van der Waals surface area (Å²) < 4.78 is 0. The van der Waals surface area contributed by atoms with Gasteiger partial charge in [-0.2, -0.15) is 0 Å². The van der Waals surface area contributed by atoms with Gasteiger partial charge >= 0.3 is 0 Å². The zero-order chi connectivity index (χ0) is 15.4. The van der Waals surface area contributed by atoms with Crippen LogP contribution in [0.1, 0.15) is 57.8 Å². The average Bonchev–Trinajstić information content (AvgIpc) is 3.12. The van der Waals surface area contributed by atoms with Crippen molar-refractivity contribution in [2.75, 3.05) is 0 Å². The predicted molar refractivity (Wildman–Crippen MR) is 84.8 cm³/mol. The molecule has 2 unspecified atom stereocenters. The van der Waals surface area contributed by atoms with E-state index in [-0.39, 0.29) is 29.1 Å². The van der Waals surface area contributed by atoms with E-state index < -0.39 is 0 Å². The summed E-state index contributed by atoms with van der Waals surface area (Å²) in [5, 5.41) is 3.63. The van der Waals surface area contributed by atoms with Crippen molar-refractivity contribution in [3.05, 3.63) is 35.4 Å². The van der Waals surface area contributed by atoms with E-state index in [9.17, 15) is 4.79 Å². The Morgan fingerprint density at radius 1 is 1.29 bits per heavy atom. The number of nitrogens with one attached hydrogen (secondary N) is 1. The Kier molecular flexibility index (Phi) is 3.17. The van der Waals surface area contributed by atoms with Gasteiger partial charge in [0.05, 0.1) is 0 Å². The van der Waals surface area contributed by atoms with Gasteiger partial charge in [-0.25, -0.2) is 0 Å². The molecule has 2 aliphatic rings. The molecule has 1 aromatic rings. The zero-order valence-electron chi connectivity index (χ0n) is 13.7. The summed E-state index contributed by atoms with van der Waals surface area (Å²) in [5.74, 6) is 0.290. The highest BCUT2D eigenvalue weighted by Crippen LogP contribution is 2.48. The number of hydrogen-bond donors (Lipinski definition) is 1. The maximum atomic E-state index is 12.9. The molecular weight excluding hydrogens is 260 g/mol. The van der Waals surface area contributed by atoms with E-state index in [0.717, 1.165) is 12.8 Å². The highest BCUT2D eigenvalue weighted by atomic mass is 16.2. The number of hydrogen-bond acceptors (Lipinski definition) is 2. The van der Waals surface area contributed by atoms with Gasteiger partial charge in [-0.15, -0.1) is 0 Å². The van der Waals surface area contributed by atoms with Crippen molar-refractivity contribution in [1.82, 2.24) is 10.2 Å². The Labute approximate surface area is 127 Å². The monoisotopic (exact) mass is 286 g/mol. The van der Waals surface area contributed by atoms with Gasteiger partial charge in [0, 0.05) is 6.04 Å². The molecule has 1 aliphatic heterocycles. The lowest BCUT2D eigenvalue weighted by Crippen LogP contribution is -2.45. The summed E-state index contributed by atoms with van der Waals surface area (Å²) in [5.41, 5.74) is 2.27. The Balaban J connectivity index is 2.02. The molecule has 0 radical (unpaired) electrons. The molecule has 3 rings (SSSR count). The Morgan fingerprint density at radius 3 is 2.43 bits per heavy atom. The quantitative estimate of drug-likeness (QED) is 0.904. The van der Waals surface area contributed by atoms with Crippen LogP contribution < -0.4 is 5.32 Å². The number of carbonyl (C=O) groups is 1. The number of rotatable bonds is 2. The zero-order valence-corrected chi connectivity index (χ0v) is 13.7. The molecule has 2 atom stereocenters. The molecule has 1 spiro atoms.